The first-order valence-electron chi connectivity index (χ1n) is 7.79. The highest BCUT2D eigenvalue weighted by Crippen LogP contribution is 2.48. The summed E-state index contributed by atoms with van der Waals surface area (Å²) in [6.45, 7) is 3.64. The Bertz CT molecular complexity index is 726. The molecule has 1 saturated carbocycles. The van der Waals surface area contributed by atoms with Crippen molar-refractivity contribution in [1.82, 2.24) is 4.98 Å². The highest BCUT2D eigenvalue weighted by molar-refractivity contribution is 7.17. The maximum Gasteiger partial charge on any atom is 0.350 e. The van der Waals surface area contributed by atoms with Gasteiger partial charge in [-0.1, -0.05) is 23.5 Å². The minimum atomic E-state index is -0.950. The molecule has 7 nitrogen and oxygen atoms in total. The molecule has 0 unspecified atom stereocenters. The van der Waals surface area contributed by atoms with Gasteiger partial charge in [0.25, 0.3) is 0 Å². The molecule has 1 aromatic heterocycles. The highest BCUT2D eigenvalue weighted by atomic mass is 32.1. The summed E-state index contributed by atoms with van der Waals surface area (Å²) >= 11 is 1.04. The van der Waals surface area contributed by atoms with E-state index in [1.54, 1.807) is 13.8 Å². The number of rotatable bonds is 5. The van der Waals surface area contributed by atoms with Crippen LogP contribution in [0.5, 0.6) is 0 Å². The summed E-state index contributed by atoms with van der Waals surface area (Å²) in [6, 6.07) is 0. The molecule has 2 N–H and O–H groups in total. The third-order valence-corrected chi connectivity index (χ3v) is 5.59. The Labute approximate surface area is 142 Å². The van der Waals surface area contributed by atoms with Crippen LogP contribution in [0.4, 0.5) is 5.13 Å². The lowest BCUT2D eigenvalue weighted by Crippen LogP contribution is -2.36. The van der Waals surface area contributed by atoms with Crippen LogP contribution in [-0.4, -0.2) is 34.5 Å². The monoisotopic (exact) mass is 350 g/mol. The van der Waals surface area contributed by atoms with Gasteiger partial charge in [0.05, 0.1) is 24.1 Å². The Morgan fingerprint density at radius 3 is 2.62 bits per heavy atom. The van der Waals surface area contributed by atoms with Crippen molar-refractivity contribution in [2.45, 2.75) is 20.3 Å². The molecular formula is C16H18N2O5S. The number of esters is 1. The number of hydrogen-bond acceptors (Lipinski definition) is 6. The number of fused-ring (bicyclic) bond motifs is 2. The molecule has 2 aliphatic rings. The van der Waals surface area contributed by atoms with Crippen LogP contribution in [0.2, 0.25) is 0 Å². The Hall–Kier alpha value is -2.22. The van der Waals surface area contributed by atoms with Crippen LogP contribution in [0.1, 0.15) is 28.7 Å². The number of hydrogen-bond donors (Lipinski definition) is 2. The van der Waals surface area contributed by atoms with E-state index < -0.39 is 23.8 Å². The maximum absolute atomic E-state index is 12.6. The number of carboxylic acids is 1. The minimum absolute atomic E-state index is 0.0540. The fourth-order valence-corrected chi connectivity index (χ4v) is 4.40. The van der Waals surface area contributed by atoms with Crippen LogP contribution in [0, 0.1) is 30.6 Å². The first kappa shape index (κ1) is 16.6. The summed E-state index contributed by atoms with van der Waals surface area (Å²) in [5.74, 6) is -3.23. The van der Waals surface area contributed by atoms with Gasteiger partial charge in [-0.3, -0.25) is 9.59 Å². The average Bonchev–Trinajstić information content (AvgIpc) is 3.20. The van der Waals surface area contributed by atoms with Crippen LogP contribution in [0.25, 0.3) is 0 Å². The number of ether oxygens (including phenoxy) is 1. The summed E-state index contributed by atoms with van der Waals surface area (Å²) in [5, 5.41) is 12.4. The van der Waals surface area contributed by atoms with Gasteiger partial charge in [-0.05, 0) is 32.1 Å². The SMILES string of the molecule is CCOC(=O)c1sc(NC(=O)[C@@H]2[C@H](C(=O)O)[C@H]3C=C[C@H]2C3)nc1C. The number of carbonyl (C=O) groups is 3. The van der Waals surface area contributed by atoms with Crippen LogP contribution < -0.4 is 5.32 Å². The van der Waals surface area contributed by atoms with Gasteiger partial charge in [0.2, 0.25) is 5.91 Å². The smallest absolute Gasteiger partial charge is 0.350 e. The Morgan fingerprint density at radius 1 is 1.33 bits per heavy atom. The summed E-state index contributed by atoms with van der Waals surface area (Å²) in [4.78, 5) is 40.4. The van der Waals surface area contributed by atoms with Crippen LogP contribution in [0.15, 0.2) is 12.2 Å². The number of aromatic nitrogens is 1. The lowest BCUT2D eigenvalue weighted by atomic mass is 9.82. The predicted octanol–water partition coefficient (Wildman–Crippen LogP) is 2.09. The molecule has 2 aliphatic carbocycles. The largest absolute Gasteiger partial charge is 0.481 e. The number of nitrogens with zero attached hydrogens (tertiary/aromatic N) is 1. The molecule has 1 heterocycles. The van der Waals surface area contributed by atoms with Crippen molar-refractivity contribution in [2.75, 3.05) is 11.9 Å². The fourth-order valence-electron chi connectivity index (χ4n) is 3.54. The topological polar surface area (TPSA) is 106 Å². The fraction of sp³-hybridized carbons (Fsp3) is 0.500. The minimum Gasteiger partial charge on any atom is -0.481 e. The van der Waals surface area contributed by atoms with Gasteiger partial charge in [-0.2, -0.15) is 0 Å². The number of aliphatic carboxylic acids is 1. The molecular weight excluding hydrogens is 332 g/mol. The van der Waals surface area contributed by atoms with Gasteiger partial charge in [0.15, 0.2) is 5.13 Å². The lowest BCUT2D eigenvalue weighted by Gasteiger charge is -2.23. The van der Waals surface area contributed by atoms with E-state index >= 15 is 0 Å². The van der Waals surface area contributed by atoms with Gasteiger partial charge in [0, 0.05) is 0 Å². The summed E-state index contributed by atoms with van der Waals surface area (Å²) in [5.41, 5.74) is 0.483. The van der Waals surface area contributed by atoms with Gasteiger partial charge in [-0.25, -0.2) is 9.78 Å². The maximum atomic E-state index is 12.6. The zero-order valence-corrected chi connectivity index (χ0v) is 14.1. The first-order chi connectivity index (χ1) is 11.4. The Morgan fingerprint density at radius 2 is 2.00 bits per heavy atom. The van der Waals surface area contributed by atoms with Gasteiger partial charge < -0.3 is 15.2 Å². The molecule has 4 atom stereocenters. The van der Waals surface area contributed by atoms with Crippen molar-refractivity contribution >= 4 is 34.3 Å². The van der Waals surface area contributed by atoms with Crippen molar-refractivity contribution in [3.8, 4) is 0 Å². The Kier molecular flexibility index (Phi) is 4.40. The molecule has 1 amide bonds. The molecule has 1 aromatic rings. The van der Waals surface area contributed by atoms with Crippen LogP contribution >= 0.6 is 11.3 Å². The zero-order chi connectivity index (χ0) is 17.4. The summed E-state index contributed by atoms with van der Waals surface area (Å²) in [6.07, 6.45) is 4.51. The standard InChI is InChI=1S/C16H18N2O5S/c1-3-23-15(22)12-7(2)17-16(24-12)18-13(19)10-8-4-5-9(6-8)11(10)14(20)21/h4-5,8-11H,3,6H2,1-2H3,(H,20,21)(H,17,18,19)/t8-,9-,10-,11+/m0/s1. The second kappa shape index (κ2) is 6.35. The van der Waals surface area contributed by atoms with E-state index in [9.17, 15) is 19.5 Å². The number of carboxylic acid groups (broad SMARTS) is 1. The summed E-state index contributed by atoms with van der Waals surface area (Å²) < 4.78 is 4.95. The van der Waals surface area contributed by atoms with Crippen LogP contribution in [0.3, 0.4) is 0 Å². The molecule has 8 heteroatoms. The predicted molar refractivity (Wildman–Crippen MR) is 86.8 cm³/mol. The van der Waals surface area contributed by atoms with E-state index in [0.29, 0.717) is 17.0 Å². The van der Waals surface area contributed by atoms with Gasteiger partial charge in [0.1, 0.15) is 4.88 Å². The van der Waals surface area contributed by atoms with E-state index in [4.69, 9.17) is 4.74 Å². The van der Waals surface area contributed by atoms with Crippen molar-refractivity contribution in [1.29, 1.82) is 0 Å². The van der Waals surface area contributed by atoms with Crippen molar-refractivity contribution in [3.05, 3.63) is 22.7 Å². The van der Waals surface area contributed by atoms with E-state index in [-0.39, 0.29) is 29.5 Å². The molecule has 0 radical (unpaired) electrons. The number of thiazole rings is 1. The van der Waals surface area contributed by atoms with Crippen LogP contribution in [-0.2, 0) is 14.3 Å². The molecule has 24 heavy (non-hydrogen) atoms. The molecule has 0 saturated heterocycles. The number of carbonyl (C=O) groups excluding carboxylic acids is 2. The molecule has 2 bridgehead atoms. The van der Waals surface area contributed by atoms with E-state index in [2.05, 4.69) is 10.3 Å². The molecule has 0 aliphatic heterocycles. The lowest BCUT2D eigenvalue weighted by molar-refractivity contribution is -0.146. The second-order valence-electron chi connectivity index (χ2n) is 5.98. The first-order valence-corrected chi connectivity index (χ1v) is 8.60. The third-order valence-electron chi connectivity index (χ3n) is 4.53. The zero-order valence-electron chi connectivity index (χ0n) is 13.3. The quantitative estimate of drug-likeness (QED) is 0.622. The van der Waals surface area contributed by atoms with E-state index in [1.807, 2.05) is 12.2 Å². The number of allylic oxidation sites excluding steroid dienone is 2. The van der Waals surface area contributed by atoms with Crippen molar-refractivity contribution in [2.24, 2.45) is 23.7 Å². The van der Waals surface area contributed by atoms with E-state index in [1.165, 1.54) is 0 Å². The van der Waals surface area contributed by atoms with Gasteiger partial charge >= 0.3 is 11.9 Å². The molecule has 128 valence electrons. The average molecular weight is 350 g/mol. The number of amides is 1. The number of anilines is 1. The van der Waals surface area contributed by atoms with Crippen molar-refractivity contribution in [3.63, 3.8) is 0 Å². The third kappa shape index (κ3) is 2.82. The molecule has 3 rings (SSSR count). The second-order valence-corrected chi connectivity index (χ2v) is 6.98. The Balaban J connectivity index is 1.76. The molecule has 1 fully saturated rings. The normalized spacial score (nSPS) is 27.2. The van der Waals surface area contributed by atoms with Gasteiger partial charge in [-0.15, -0.1) is 0 Å². The highest BCUT2D eigenvalue weighted by Gasteiger charge is 2.51. The number of aryl methyl sites for hydroxylation is 1. The molecule has 0 aromatic carbocycles. The number of nitrogens with one attached hydrogen (secondary N) is 1. The van der Waals surface area contributed by atoms with E-state index in [0.717, 1.165) is 11.3 Å². The summed E-state index contributed by atoms with van der Waals surface area (Å²) in [7, 11) is 0. The molecule has 0 spiro atoms. The van der Waals surface area contributed by atoms with Crippen molar-refractivity contribution < 1.29 is 24.2 Å².